The molecule has 2 aromatic heterocycles. The molecule has 0 spiro atoms. The molecule has 2 aromatic rings. The number of sulfonamides is 1. The lowest BCUT2D eigenvalue weighted by Gasteiger charge is -2.31. The number of morpholine rings is 1. The van der Waals surface area contributed by atoms with Crippen LogP contribution < -0.4 is 5.73 Å². The minimum atomic E-state index is -3.60. The third-order valence-corrected chi connectivity index (χ3v) is 5.03. The standard InChI is InChI=1S/C11H14N6O3S/c12-11-10(13-1-2-14-11)9-7-17(3-4-20-9)21(18,19)8-5-15-16-6-8/h1-2,5-6,9H,3-4,7H2,(H2,12,14)(H,15,16)/t9-/m0/s1. The van der Waals surface area contributed by atoms with Crippen molar-refractivity contribution in [1.29, 1.82) is 0 Å². The number of hydrogen-bond donors (Lipinski definition) is 2. The van der Waals surface area contributed by atoms with Crippen LogP contribution in [0.4, 0.5) is 5.82 Å². The highest BCUT2D eigenvalue weighted by atomic mass is 32.2. The van der Waals surface area contributed by atoms with Gasteiger partial charge >= 0.3 is 0 Å². The molecule has 3 heterocycles. The number of H-pyrrole nitrogens is 1. The fourth-order valence-electron chi connectivity index (χ4n) is 2.15. The van der Waals surface area contributed by atoms with Crippen LogP contribution in [0.2, 0.25) is 0 Å². The van der Waals surface area contributed by atoms with Gasteiger partial charge in [0.2, 0.25) is 10.0 Å². The second kappa shape index (κ2) is 5.39. The van der Waals surface area contributed by atoms with Crippen LogP contribution in [0.15, 0.2) is 29.7 Å². The molecule has 0 aromatic carbocycles. The second-order valence-corrected chi connectivity index (χ2v) is 6.42. The van der Waals surface area contributed by atoms with E-state index in [1.54, 1.807) is 0 Å². The molecule has 21 heavy (non-hydrogen) atoms. The Bertz CT molecular complexity index is 717. The van der Waals surface area contributed by atoms with Crippen LogP contribution in [0.5, 0.6) is 0 Å². The minimum absolute atomic E-state index is 0.121. The Balaban J connectivity index is 1.86. The number of rotatable bonds is 3. The number of hydrogen-bond acceptors (Lipinski definition) is 7. The summed E-state index contributed by atoms with van der Waals surface area (Å²) in [5, 5.41) is 6.17. The van der Waals surface area contributed by atoms with E-state index in [0.29, 0.717) is 5.69 Å². The average Bonchev–Trinajstić information content (AvgIpc) is 3.03. The summed E-state index contributed by atoms with van der Waals surface area (Å²) in [5.74, 6) is 0.241. The van der Waals surface area contributed by atoms with Crippen molar-refractivity contribution in [2.45, 2.75) is 11.0 Å². The number of nitrogens with one attached hydrogen (secondary N) is 1. The first-order valence-electron chi connectivity index (χ1n) is 6.26. The molecule has 10 heteroatoms. The molecule has 1 fully saturated rings. The van der Waals surface area contributed by atoms with Gasteiger partial charge in [-0.25, -0.2) is 13.4 Å². The van der Waals surface area contributed by atoms with Crippen molar-refractivity contribution in [2.75, 3.05) is 25.4 Å². The van der Waals surface area contributed by atoms with Gasteiger partial charge in [0.25, 0.3) is 0 Å². The van der Waals surface area contributed by atoms with E-state index in [0.717, 1.165) is 0 Å². The predicted molar refractivity (Wildman–Crippen MR) is 72.5 cm³/mol. The van der Waals surface area contributed by atoms with E-state index in [2.05, 4.69) is 20.2 Å². The quantitative estimate of drug-likeness (QED) is 0.785. The summed E-state index contributed by atoms with van der Waals surface area (Å²) in [6.45, 7) is 0.665. The topological polar surface area (TPSA) is 127 Å². The molecular formula is C11H14N6O3S. The summed E-state index contributed by atoms with van der Waals surface area (Å²) in [5.41, 5.74) is 6.21. The Kier molecular flexibility index (Phi) is 3.57. The zero-order chi connectivity index (χ0) is 14.9. The number of nitrogens with zero attached hydrogens (tertiary/aromatic N) is 4. The number of ether oxygens (including phenoxy) is 1. The van der Waals surface area contributed by atoms with E-state index >= 15 is 0 Å². The van der Waals surface area contributed by atoms with Crippen LogP contribution in [0.1, 0.15) is 11.8 Å². The largest absolute Gasteiger partial charge is 0.382 e. The predicted octanol–water partition coefficient (Wildman–Crippen LogP) is -0.456. The molecule has 1 saturated heterocycles. The Hall–Kier alpha value is -2.04. The van der Waals surface area contributed by atoms with Gasteiger partial charge in [0.05, 0.1) is 12.8 Å². The van der Waals surface area contributed by atoms with Crippen molar-refractivity contribution < 1.29 is 13.2 Å². The van der Waals surface area contributed by atoms with Crippen LogP contribution in [0.25, 0.3) is 0 Å². The molecular weight excluding hydrogens is 296 g/mol. The van der Waals surface area contributed by atoms with Gasteiger partial charge in [0, 0.05) is 31.7 Å². The molecule has 0 bridgehead atoms. The van der Waals surface area contributed by atoms with Crippen molar-refractivity contribution in [3.05, 3.63) is 30.5 Å². The van der Waals surface area contributed by atoms with Crippen molar-refractivity contribution in [2.24, 2.45) is 0 Å². The lowest BCUT2D eigenvalue weighted by atomic mass is 10.2. The molecule has 0 unspecified atom stereocenters. The minimum Gasteiger partial charge on any atom is -0.382 e. The van der Waals surface area contributed by atoms with Gasteiger partial charge in [0.1, 0.15) is 22.5 Å². The highest BCUT2D eigenvalue weighted by molar-refractivity contribution is 7.89. The van der Waals surface area contributed by atoms with E-state index < -0.39 is 16.1 Å². The SMILES string of the molecule is Nc1nccnc1[C@@H]1CN(S(=O)(=O)c2cn[nH]c2)CCO1. The van der Waals surface area contributed by atoms with Gasteiger partial charge in [-0.1, -0.05) is 0 Å². The zero-order valence-corrected chi connectivity index (χ0v) is 11.8. The molecule has 1 aliphatic heterocycles. The van der Waals surface area contributed by atoms with Crippen LogP contribution in [-0.4, -0.2) is 52.6 Å². The van der Waals surface area contributed by atoms with Crippen molar-refractivity contribution in [1.82, 2.24) is 24.5 Å². The fraction of sp³-hybridized carbons (Fsp3) is 0.364. The van der Waals surface area contributed by atoms with Crippen LogP contribution >= 0.6 is 0 Å². The zero-order valence-electron chi connectivity index (χ0n) is 11.0. The maximum absolute atomic E-state index is 12.5. The van der Waals surface area contributed by atoms with Crippen LogP contribution in [0.3, 0.4) is 0 Å². The average molecular weight is 310 g/mol. The van der Waals surface area contributed by atoms with Crippen molar-refractivity contribution in [3.63, 3.8) is 0 Å². The molecule has 3 rings (SSSR count). The molecule has 1 aliphatic rings. The van der Waals surface area contributed by atoms with Crippen molar-refractivity contribution >= 4 is 15.8 Å². The van der Waals surface area contributed by atoms with E-state index in [-0.39, 0.29) is 30.4 Å². The van der Waals surface area contributed by atoms with Crippen LogP contribution in [0, 0.1) is 0 Å². The first-order valence-corrected chi connectivity index (χ1v) is 7.70. The van der Waals surface area contributed by atoms with Gasteiger partial charge < -0.3 is 10.5 Å². The monoisotopic (exact) mass is 310 g/mol. The number of anilines is 1. The molecule has 0 amide bonds. The highest BCUT2D eigenvalue weighted by Gasteiger charge is 2.33. The van der Waals surface area contributed by atoms with E-state index in [4.69, 9.17) is 10.5 Å². The Morgan fingerprint density at radius 3 is 2.90 bits per heavy atom. The summed E-state index contributed by atoms with van der Waals surface area (Å²) < 4.78 is 31.8. The Labute approximate surface area is 121 Å². The lowest BCUT2D eigenvalue weighted by Crippen LogP contribution is -2.42. The van der Waals surface area contributed by atoms with E-state index in [9.17, 15) is 8.42 Å². The van der Waals surface area contributed by atoms with Gasteiger partial charge in [-0.15, -0.1) is 0 Å². The number of aromatic nitrogens is 4. The molecule has 9 nitrogen and oxygen atoms in total. The maximum atomic E-state index is 12.5. The van der Waals surface area contributed by atoms with Crippen molar-refractivity contribution in [3.8, 4) is 0 Å². The number of nitrogen functional groups attached to an aromatic ring is 1. The summed E-state index contributed by atoms with van der Waals surface area (Å²) in [7, 11) is -3.60. The maximum Gasteiger partial charge on any atom is 0.246 e. The number of nitrogens with two attached hydrogens (primary N) is 1. The highest BCUT2D eigenvalue weighted by Crippen LogP contribution is 2.26. The molecule has 112 valence electrons. The van der Waals surface area contributed by atoms with E-state index in [1.165, 1.54) is 29.1 Å². The van der Waals surface area contributed by atoms with Gasteiger partial charge in [-0.2, -0.15) is 9.40 Å². The Morgan fingerprint density at radius 1 is 1.38 bits per heavy atom. The normalized spacial score (nSPS) is 20.5. The second-order valence-electron chi connectivity index (χ2n) is 4.48. The third kappa shape index (κ3) is 2.60. The summed E-state index contributed by atoms with van der Waals surface area (Å²) in [4.78, 5) is 8.19. The van der Waals surface area contributed by atoms with Gasteiger partial charge in [0.15, 0.2) is 0 Å². The fourth-order valence-corrected chi connectivity index (χ4v) is 3.48. The van der Waals surface area contributed by atoms with E-state index in [1.807, 2.05) is 0 Å². The lowest BCUT2D eigenvalue weighted by molar-refractivity contribution is -0.00465. The van der Waals surface area contributed by atoms with Crippen LogP contribution in [-0.2, 0) is 14.8 Å². The third-order valence-electron chi connectivity index (χ3n) is 3.20. The smallest absolute Gasteiger partial charge is 0.246 e. The first-order chi connectivity index (χ1) is 10.1. The number of aromatic amines is 1. The summed E-state index contributed by atoms with van der Waals surface area (Å²) >= 11 is 0. The Morgan fingerprint density at radius 2 is 2.19 bits per heavy atom. The summed E-state index contributed by atoms with van der Waals surface area (Å²) in [6.07, 6.45) is 5.06. The van der Waals surface area contributed by atoms with Gasteiger partial charge in [-0.3, -0.25) is 10.1 Å². The summed E-state index contributed by atoms with van der Waals surface area (Å²) in [6, 6.07) is 0. The first kappa shape index (κ1) is 13.9. The molecule has 0 saturated carbocycles. The molecule has 1 atom stereocenters. The molecule has 0 radical (unpaired) electrons. The molecule has 3 N–H and O–H groups in total. The molecule has 0 aliphatic carbocycles. The van der Waals surface area contributed by atoms with Gasteiger partial charge in [-0.05, 0) is 0 Å².